The van der Waals surface area contributed by atoms with Gasteiger partial charge in [-0.25, -0.2) is 0 Å². The van der Waals surface area contributed by atoms with Gasteiger partial charge in [-0.3, -0.25) is 4.90 Å². The molecule has 1 unspecified atom stereocenters. The Kier molecular flexibility index (Phi) is 6.65. The van der Waals surface area contributed by atoms with Crippen LogP contribution < -0.4 is 5.73 Å². The van der Waals surface area contributed by atoms with Gasteiger partial charge in [-0.2, -0.15) is 0 Å². The van der Waals surface area contributed by atoms with E-state index in [0.717, 1.165) is 18.5 Å². The van der Waals surface area contributed by atoms with Gasteiger partial charge < -0.3 is 5.73 Å². The summed E-state index contributed by atoms with van der Waals surface area (Å²) in [6.07, 6.45) is 9.37. The van der Waals surface area contributed by atoms with Gasteiger partial charge in [-0.05, 0) is 45.1 Å². The molecule has 18 heavy (non-hydrogen) atoms. The van der Waals surface area contributed by atoms with Crippen LogP contribution in [0.5, 0.6) is 0 Å². The van der Waals surface area contributed by atoms with Gasteiger partial charge in [0.15, 0.2) is 0 Å². The topological polar surface area (TPSA) is 29.3 Å². The summed E-state index contributed by atoms with van der Waals surface area (Å²) in [7, 11) is 0. The Hall–Kier alpha value is -0.0800. The van der Waals surface area contributed by atoms with Gasteiger partial charge in [-0.1, -0.05) is 40.0 Å². The molecule has 0 radical (unpaired) electrons. The van der Waals surface area contributed by atoms with Gasteiger partial charge in [0.1, 0.15) is 0 Å². The van der Waals surface area contributed by atoms with Crippen LogP contribution in [0.25, 0.3) is 0 Å². The van der Waals surface area contributed by atoms with Gasteiger partial charge >= 0.3 is 0 Å². The fourth-order valence-electron chi connectivity index (χ4n) is 3.41. The molecule has 2 heteroatoms. The summed E-state index contributed by atoms with van der Waals surface area (Å²) >= 11 is 0. The average Bonchev–Trinajstić information content (AvgIpc) is 2.82. The van der Waals surface area contributed by atoms with Crippen LogP contribution in [-0.4, -0.2) is 29.6 Å². The van der Waals surface area contributed by atoms with E-state index in [0.29, 0.717) is 0 Å². The molecule has 1 aliphatic rings. The smallest absolute Gasteiger partial charge is 0.0306 e. The second-order valence-corrected chi connectivity index (χ2v) is 6.77. The van der Waals surface area contributed by atoms with Crippen molar-refractivity contribution >= 4 is 0 Å². The first-order valence-electron chi connectivity index (χ1n) is 8.00. The highest BCUT2D eigenvalue weighted by Gasteiger charge is 2.35. The van der Waals surface area contributed by atoms with E-state index in [-0.39, 0.29) is 5.54 Å². The molecule has 0 aliphatic heterocycles. The SMILES string of the molecule is CCCC(C)(CN)N(CCC(C)C)C1CCCC1. The van der Waals surface area contributed by atoms with Crippen molar-refractivity contribution in [3.8, 4) is 0 Å². The molecule has 0 aromatic heterocycles. The Morgan fingerprint density at radius 1 is 1.28 bits per heavy atom. The minimum Gasteiger partial charge on any atom is -0.329 e. The summed E-state index contributed by atoms with van der Waals surface area (Å²) in [4.78, 5) is 2.77. The first kappa shape index (κ1) is 16.0. The standard InChI is InChI=1S/C16H34N2/c1-5-11-16(4,13-17)18(12-10-14(2)3)15-8-6-7-9-15/h14-15H,5-13,17H2,1-4H3. The van der Waals surface area contributed by atoms with Crippen molar-refractivity contribution in [2.24, 2.45) is 11.7 Å². The summed E-state index contributed by atoms with van der Waals surface area (Å²) in [5.74, 6) is 0.789. The molecule has 1 fully saturated rings. The van der Waals surface area contributed by atoms with E-state index in [9.17, 15) is 0 Å². The largest absolute Gasteiger partial charge is 0.329 e. The van der Waals surface area contributed by atoms with Gasteiger partial charge in [0.2, 0.25) is 0 Å². The highest BCUT2D eigenvalue weighted by molar-refractivity contribution is 4.92. The quantitative estimate of drug-likeness (QED) is 0.714. The summed E-state index contributed by atoms with van der Waals surface area (Å²) in [6.45, 7) is 11.3. The number of hydrogen-bond acceptors (Lipinski definition) is 2. The fraction of sp³-hybridized carbons (Fsp3) is 1.00. The highest BCUT2D eigenvalue weighted by atomic mass is 15.2. The van der Waals surface area contributed by atoms with Gasteiger partial charge in [0, 0.05) is 18.1 Å². The molecular formula is C16H34N2. The Bertz CT molecular complexity index is 221. The molecule has 2 nitrogen and oxygen atoms in total. The predicted molar refractivity (Wildman–Crippen MR) is 80.8 cm³/mol. The zero-order chi connectivity index (χ0) is 13.6. The normalized spacial score (nSPS) is 20.8. The van der Waals surface area contributed by atoms with E-state index in [1.54, 1.807) is 0 Å². The Morgan fingerprint density at radius 3 is 2.33 bits per heavy atom. The Balaban J connectivity index is 2.72. The lowest BCUT2D eigenvalue weighted by Crippen LogP contribution is -2.55. The van der Waals surface area contributed by atoms with Crippen molar-refractivity contribution in [2.75, 3.05) is 13.1 Å². The summed E-state index contributed by atoms with van der Waals surface area (Å²) in [5, 5.41) is 0. The molecular weight excluding hydrogens is 220 g/mol. The minimum atomic E-state index is 0.221. The molecule has 2 N–H and O–H groups in total. The maximum Gasteiger partial charge on any atom is 0.0306 e. The monoisotopic (exact) mass is 254 g/mol. The van der Waals surface area contributed by atoms with Crippen molar-refractivity contribution < 1.29 is 0 Å². The first-order chi connectivity index (χ1) is 8.53. The average molecular weight is 254 g/mol. The molecule has 108 valence electrons. The van der Waals surface area contributed by atoms with Crippen LogP contribution >= 0.6 is 0 Å². The summed E-state index contributed by atoms with van der Waals surface area (Å²) in [6, 6.07) is 0.795. The van der Waals surface area contributed by atoms with Gasteiger partial charge in [0.05, 0.1) is 0 Å². The molecule has 0 amide bonds. The van der Waals surface area contributed by atoms with E-state index in [1.807, 2.05) is 0 Å². The third-order valence-electron chi connectivity index (χ3n) is 4.63. The predicted octanol–water partition coefficient (Wildman–Crippen LogP) is 3.79. The van der Waals surface area contributed by atoms with Crippen LogP contribution in [0.1, 0.15) is 72.6 Å². The first-order valence-corrected chi connectivity index (χ1v) is 8.00. The van der Waals surface area contributed by atoms with Gasteiger partial charge in [0.25, 0.3) is 0 Å². The number of nitrogens with two attached hydrogens (primary N) is 1. The molecule has 0 saturated heterocycles. The number of rotatable bonds is 8. The third kappa shape index (κ3) is 4.24. The molecule has 0 bridgehead atoms. The molecule has 0 heterocycles. The highest BCUT2D eigenvalue weighted by Crippen LogP contribution is 2.32. The van der Waals surface area contributed by atoms with Crippen molar-refractivity contribution in [2.45, 2.75) is 84.2 Å². The lowest BCUT2D eigenvalue weighted by atomic mass is 9.90. The van der Waals surface area contributed by atoms with E-state index in [4.69, 9.17) is 5.73 Å². The molecule has 1 rings (SSSR count). The van der Waals surface area contributed by atoms with Crippen molar-refractivity contribution in [1.82, 2.24) is 4.90 Å². The second kappa shape index (κ2) is 7.49. The van der Waals surface area contributed by atoms with E-state index >= 15 is 0 Å². The van der Waals surface area contributed by atoms with Crippen molar-refractivity contribution in [3.05, 3.63) is 0 Å². The summed E-state index contributed by atoms with van der Waals surface area (Å²) in [5.41, 5.74) is 6.35. The zero-order valence-electron chi connectivity index (χ0n) is 13.0. The van der Waals surface area contributed by atoms with Gasteiger partial charge in [-0.15, -0.1) is 0 Å². The van der Waals surface area contributed by atoms with Crippen molar-refractivity contribution in [1.29, 1.82) is 0 Å². The van der Waals surface area contributed by atoms with Crippen molar-refractivity contribution in [3.63, 3.8) is 0 Å². The molecule has 0 aromatic carbocycles. The van der Waals surface area contributed by atoms with Crippen LogP contribution in [0.15, 0.2) is 0 Å². The molecule has 1 atom stereocenters. The lowest BCUT2D eigenvalue weighted by molar-refractivity contribution is 0.0505. The van der Waals surface area contributed by atoms with Crippen LogP contribution in [0, 0.1) is 5.92 Å². The van der Waals surface area contributed by atoms with Crippen LogP contribution in [-0.2, 0) is 0 Å². The molecule has 0 aromatic rings. The van der Waals surface area contributed by atoms with E-state index in [2.05, 4.69) is 32.6 Å². The van der Waals surface area contributed by atoms with Crippen LogP contribution in [0.4, 0.5) is 0 Å². The lowest BCUT2D eigenvalue weighted by Gasteiger charge is -2.45. The zero-order valence-corrected chi connectivity index (χ0v) is 13.0. The van der Waals surface area contributed by atoms with Crippen LogP contribution in [0.3, 0.4) is 0 Å². The van der Waals surface area contributed by atoms with E-state index in [1.165, 1.54) is 51.5 Å². The minimum absolute atomic E-state index is 0.221. The molecule has 1 saturated carbocycles. The third-order valence-corrected chi connectivity index (χ3v) is 4.63. The molecule has 0 spiro atoms. The second-order valence-electron chi connectivity index (χ2n) is 6.77. The maximum absolute atomic E-state index is 6.13. The number of nitrogens with zero attached hydrogens (tertiary/aromatic N) is 1. The fourth-order valence-corrected chi connectivity index (χ4v) is 3.41. The molecule has 1 aliphatic carbocycles. The Labute approximate surface area is 114 Å². The number of hydrogen-bond donors (Lipinski definition) is 1. The van der Waals surface area contributed by atoms with Crippen LogP contribution in [0.2, 0.25) is 0 Å². The van der Waals surface area contributed by atoms with E-state index < -0.39 is 0 Å². The summed E-state index contributed by atoms with van der Waals surface area (Å²) < 4.78 is 0. The maximum atomic E-state index is 6.13. The Morgan fingerprint density at radius 2 is 1.89 bits per heavy atom.